The van der Waals surface area contributed by atoms with Gasteiger partial charge in [0, 0.05) is 12.4 Å². The Bertz CT molecular complexity index is 662. The Morgan fingerprint density at radius 1 is 1.57 bits per heavy atom. The molecular weight excluding hydrogens is 294 g/mol. The minimum Gasteiger partial charge on any atom is -0.466 e. The van der Waals surface area contributed by atoms with Gasteiger partial charge < -0.3 is 15.2 Å². The van der Waals surface area contributed by atoms with E-state index in [2.05, 4.69) is 4.98 Å². The predicted octanol–water partition coefficient (Wildman–Crippen LogP) is 1.56. The van der Waals surface area contributed by atoms with E-state index in [0.717, 1.165) is 0 Å². The van der Waals surface area contributed by atoms with Gasteiger partial charge in [-0.3, -0.25) is 4.98 Å². The molecule has 0 bridgehead atoms. The SMILES string of the molecule is COC(=O)C1=C(CCl)OC(N)=C(C#N)[C@@H]1c1ccncc1. The van der Waals surface area contributed by atoms with Gasteiger partial charge in [0.05, 0.1) is 24.5 Å². The largest absolute Gasteiger partial charge is 0.466 e. The molecule has 0 saturated carbocycles. The molecule has 1 aromatic heterocycles. The van der Waals surface area contributed by atoms with Crippen LogP contribution < -0.4 is 5.73 Å². The molecule has 1 aromatic rings. The number of rotatable bonds is 3. The molecule has 0 amide bonds. The quantitative estimate of drug-likeness (QED) is 0.672. The van der Waals surface area contributed by atoms with Crippen LogP contribution in [0.2, 0.25) is 0 Å². The number of aromatic nitrogens is 1. The summed E-state index contributed by atoms with van der Waals surface area (Å²) in [5, 5.41) is 9.33. The monoisotopic (exact) mass is 305 g/mol. The Hall–Kier alpha value is -2.52. The Labute approximate surface area is 126 Å². The molecule has 108 valence electrons. The van der Waals surface area contributed by atoms with Crippen molar-refractivity contribution in [3.05, 3.63) is 52.9 Å². The number of carbonyl (C=O) groups is 1. The van der Waals surface area contributed by atoms with E-state index in [0.29, 0.717) is 5.56 Å². The topological polar surface area (TPSA) is 98.2 Å². The minimum absolute atomic E-state index is 0.0641. The molecule has 1 aliphatic rings. The molecule has 0 saturated heterocycles. The number of halogens is 1. The van der Waals surface area contributed by atoms with Crippen LogP contribution in [-0.2, 0) is 14.3 Å². The van der Waals surface area contributed by atoms with Gasteiger partial charge in [-0.2, -0.15) is 5.26 Å². The molecule has 2 heterocycles. The molecule has 0 aromatic carbocycles. The summed E-state index contributed by atoms with van der Waals surface area (Å²) in [7, 11) is 1.25. The van der Waals surface area contributed by atoms with Crippen molar-refractivity contribution in [3.8, 4) is 6.07 Å². The molecule has 2 N–H and O–H groups in total. The van der Waals surface area contributed by atoms with Gasteiger partial charge in [0.1, 0.15) is 17.4 Å². The van der Waals surface area contributed by atoms with Crippen LogP contribution in [-0.4, -0.2) is 23.9 Å². The summed E-state index contributed by atoms with van der Waals surface area (Å²) < 4.78 is 10.1. The predicted molar refractivity (Wildman–Crippen MR) is 74.7 cm³/mol. The van der Waals surface area contributed by atoms with Gasteiger partial charge >= 0.3 is 5.97 Å². The lowest BCUT2D eigenvalue weighted by Crippen LogP contribution is -2.26. The number of nitriles is 1. The zero-order valence-electron chi connectivity index (χ0n) is 11.2. The van der Waals surface area contributed by atoms with Crippen LogP contribution in [0.25, 0.3) is 0 Å². The minimum atomic E-state index is -0.687. The van der Waals surface area contributed by atoms with Crippen molar-refractivity contribution < 1.29 is 14.3 Å². The number of esters is 1. The van der Waals surface area contributed by atoms with E-state index in [1.807, 2.05) is 6.07 Å². The summed E-state index contributed by atoms with van der Waals surface area (Å²) in [5.74, 6) is -1.25. The van der Waals surface area contributed by atoms with Crippen molar-refractivity contribution in [2.75, 3.05) is 13.0 Å². The highest BCUT2D eigenvalue weighted by molar-refractivity contribution is 6.19. The molecule has 0 radical (unpaired) electrons. The number of allylic oxidation sites excluding steroid dienone is 2. The Morgan fingerprint density at radius 3 is 2.76 bits per heavy atom. The molecule has 1 aliphatic heterocycles. The molecule has 21 heavy (non-hydrogen) atoms. The zero-order valence-corrected chi connectivity index (χ0v) is 11.9. The maximum absolute atomic E-state index is 12.1. The smallest absolute Gasteiger partial charge is 0.338 e. The number of carbonyl (C=O) groups excluding carboxylic acids is 1. The number of alkyl halides is 1. The normalized spacial score (nSPS) is 18.0. The first-order valence-electron chi connectivity index (χ1n) is 5.98. The molecule has 0 spiro atoms. The third-order valence-corrected chi connectivity index (χ3v) is 3.31. The molecule has 0 unspecified atom stereocenters. The summed E-state index contributed by atoms with van der Waals surface area (Å²) in [5.41, 5.74) is 6.74. The molecule has 1 atom stereocenters. The third-order valence-electron chi connectivity index (χ3n) is 3.06. The van der Waals surface area contributed by atoms with Crippen molar-refractivity contribution in [2.45, 2.75) is 5.92 Å². The average molecular weight is 306 g/mol. The van der Waals surface area contributed by atoms with Crippen LogP contribution in [0.3, 0.4) is 0 Å². The fraction of sp³-hybridized carbons (Fsp3) is 0.214. The van der Waals surface area contributed by atoms with Gasteiger partial charge in [0.25, 0.3) is 0 Å². The van der Waals surface area contributed by atoms with Gasteiger partial charge in [-0.25, -0.2) is 4.79 Å². The van der Waals surface area contributed by atoms with E-state index in [4.69, 9.17) is 26.8 Å². The molecule has 0 fully saturated rings. The second-order valence-electron chi connectivity index (χ2n) is 4.17. The second-order valence-corrected chi connectivity index (χ2v) is 4.43. The maximum Gasteiger partial charge on any atom is 0.338 e. The van der Waals surface area contributed by atoms with E-state index in [9.17, 15) is 10.1 Å². The van der Waals surface area contributed by atoms with E-state index < -0.39 is 11.9 Å². The zero-order chi connectivity index (χ0) is 15.4. The standard InChI is InChI=1S/C14H12ClN3O3/c1-20-14(19)12-10(6-15)21-13(17)9(7-16)11(12)8-2-4-18-5-3-8/h2-5,11H,6,17H2,1H3/t11-/m0/s1. The summed E-state index contributed by atoms with van der Waals surface area (Å²) in [6, 6.07) is 5.36. The summed E-state index contributed by atoms with van der Waals surface area (Å²) in [4.78, 5) is 16.0. The van der Waals surface area contributed by atoms with E-state index in [1.54, 1.807) is 24.5 Å². The van der Waals surface area contributed by atoms with Crippen molar-refractivity contribution in [2.24, 2.45) is 5.73 Å². The van der Waals surface area contributed by atoms with Gasteiger partial charge in [-0.05, 0) is 17.7 Å². The van der Waals surface area contributed by atoms with Gasteiger partial charge in [-0.15, -0.1) is 11.6 Å². The number of ether oxygens (including phenoxy) is 2. The summed E-state index contributed by atoms with van der Waals surface area (Å²) >= 11 is 5.82. The van der Waals surface area contributed by atoms with Crippen LogP contribution in [0.15, 0.2) is 47.3 Å². The van der Waals surface area contributed by atoms with E-state index >= 15 is 0 Å². The lowest BCUT2D eigenvalue weighted by atomic mass is 9.83. The number of hydrogen-bond acceptors (Lipinski definition) is 6. The Morgan fingerprint density at radius 2 is 2.24 bits per heavy atom. The first-order valence-corrected chi connectivity index (χ1v) is 6.52. The highest BCUT2D eigenvalue weighted by Crippen LogP contribution is 2.39. The third kappa shape index (κ3) is 2.69. The first-order chi connectivity index (χ1) is 10.1. The van der Waals surface area contributed by atoms with Crippen molar-refractivity contribution >= 4 is 17.6 Å². The van der Waals surface area contributed by atoms with Crippen LogP contribution in [0.1, 0.15) is 11.5 Å². The van der Waals surface area contributed by atoms with Crippen molar-refractivity contribution in [1.29, 1.82) is 5.26 Å². The molecule has 6 nitrogen and oxygen atoms in total. The lowest BCUT2D eigenvalue weighted by Gasteiger charge is -2.27. The van der Waals surface area contributed by atoms with Crippen LogP contribution in [0.5, 0.6) is 0 Å². The van der Waals surface area contributed by atoms with E-state index in [-0.39, 0.29) is 28.7 Å². The molecule has 0 aliphatic carbocycles. The Balaban J connectivity index is 2.66. The number of methoxy groups -OCH3 is 1. The van der Waals surface area contributed by atoms with E-state index in [1.165, 1.54) is 7.11 Å². The number of nitrogens with two attached hydrogens (primary N) is 1. The number of nitrogens with zero attached hydrogens (tertiary/aromatic N) is 2. The lowest BCUT2D eigenvalue weighted by molar-refractivity contribution is -0.136. The van der Waals surface area contributed by atoms with Gasteiger partial charge in [0.15, 0.2) is 0 Å². The first kappa shape index (κ1) is 14.9. The fourth-order valence-corrected chi connectivity index (χ4v) is 2.34. The second kappa shape index (κ2) is 6.29. The highest BCUT2D eigenvalue weighted by atomic mass is 35.5. The molecule has 7 heteroatoms. The van der Waals surface area contributed by atoms with Crippen LogP contribution in [0.4, 0.5) is 0 Å². The maximum atomic E-state index is 12.1. The highest BCUT2D eigenvalue weighted by Gasteiger charge is 2.37. The summed E-state index contributed by atoms with van der Waals surface area (Å²) in [6.45, 7) is 0. The van der Waals surface area contributed by atoms with Crippen LogP contribution in [0, 0.1) is 11.3 Å². The van der Waals surface area contributed by atoms with Crippen molar-refractivity contribution in [3.63, 3.8) is 0 Å². The molecule has 2 rings (SSSR count). The molecular formula is C14H12ClN3O3. The van der Waals surface area contributed by atoms with Gasteiger partial charge in [0.2, 0.25) is 5.88 Å². The fourth-order valence-electron chi connectivity index (χ4n) is 2.14. The average Bonchev–Trinajstić information content (AvgIpc) is 2.53. The number of hydrogen-bond donors (Lipinski definition) is 1. The van der Waals surface area contributed by atoms with Gasteiger partial charge in [-0.1, -0.05) is 0 Å². The number of pyridine rings is 1. The van der Waals surface area contributed by atoms with Crippen molar-refractivity contribution in [1.82, 2.24) is 4.98 Å². The Kier molecular flexibility index (Phi) is 4.45. The van der Waals surface area contributed by atoms with Crippen LogP contribution >= 0.6 is 11.6 Å². The summed E-state index contributed by atoms with van der Waals surface area (Å²) in [6.07, 6.45) is 3.12.